The van der Waals surface area contributed by atoms with Gasteiger partial charge in [0, 0.05) is 38.4 Å². The van der Waals surface area contributed by atoms with Crippen LogP contribution in [0.2, 0.25) is 0 Å². The summed E-state index contributed by atoms with van der Waals surface area (Å²) in [6.45, 7) is 10.8. The van der Waals surface area contributed by atoms with Gasteiger partial charge >= 0.3 is 0 Å². The summed E-state index contributed by atoms with van der Waals surface area (Å²) < 4.78 is 0. The molecule has 0 aromatic heterocycles. The molecule has 2 aromatic carbocycles. The van der Waals surface area contributed by atoms with Crippen molar-refractivity contribution in [3.05, 3.63) is 64.7 Å². The Morgan fingerprint density at radius 3 is 2.10 bits per heavy atom. The predicted octanol–water partition coefficient (Wildman–Crippen LogP) is 2.53. The molecular formula is C25H34N4O2. The number of rotatable bonds is 8. The Morgan fingerprint density at radius 2 is 1.42 bits per heavy atom. The smallest absolute Gasteiger partial charge is 0.238 e. The first kappa shape index (κ1) is 23.0. The Balaban J connectivity index is 1.34. The molecule has 1 aliphatic rings. The average Bonchev–Trinajstić information content (AvgIpc) is 2.74. The molecule has 0 bridgehead atoms. The number of nitrogens with one attached hydrogen (secondary N) is 2. The maximum absolute atomic E-state index is 12.4. The fourth-order valence-electron chi connectivity index (χ4n) is 3.87. The van der Waals surface area contributed by atoms with E-state index in [1.54, 1.807) is 0 Å². The SMILES string of the molecule is Cc1ccccc1CCNC(=O)CN1CCN(CC(=O)Nc2cccc(C)c2C)CC1. The van der Waals surface area contributed by atoms with E-state index in [-0.39, 0.29) is 11.8 Å². The third-order valence-electron chi connectivity index (χ3n) is 6.06. The Morgan fingerprint density at radius 1 is 0.806 bits per heavy atom. The number of piperazine rings is 1. The first-order valence-electron chi connectivity index (χ1n) is 11.0. The van der Waals surface area contributed by atoms with E-state index >= 15 is 0 Å². The van der Waals surface area contributed by atoms with Gasteiger partial charge in [0.05, 0.1) is 13.1 Å². The van der Waals surface area contributed by atoms with E-state index in [1.807, 2.05) is 44.2 Å². The minimum atomic E-state index is 0.0103. The molecular weight excluding hydrogens is 388 g/mol. The molecule has 1 saturated heterocycles. The molecule has 1 heterocycles. The minimum absolute atomic E-state index is 0.0103. The number of hydrogen-bond acceptors (Lipinski definition) is 4. The van der Waals surface area contributed by atoms with Crippen LogP contribution in [0.15, 0.2) is 42.5 Å². The van der Waals surface area contributed by atoms with E-state index < -0.39 is 0 Å². The number of aryl methyl sites for hydroxylation is 2. The van der Waals surface area contributed by atoms with Crippen LogP contribution in [0.25, 0.3) is 0 Å². The molecule has 0 radical (unpaired) electrons. The largest absolute Gasteiger partial charge is 0.355 e. The van der Waals surface area contributed by atoms with Crippen molar-refractivity contribution in [2.75, 3.05) is 51.1 Å². The number of hydrogen-bond donors (Lipinski definition) is 2. The first-order chi connectivity index (χ1) is 14.9. The molecule has 0 spiro atoms. The highest BCUT2D eigenvalue weighted by atomic mass is 16.2. The summed E-state index contributed by atoms with van der Waals surface area (Å²) in [6.07, 6.45) is 0.849. The zero-order valence-corrected chi connectivity index (χ0v) is 18.9. The van der Waals surface area contributed by atoms with Crippen molar-refractivity contribution in [2.45, 2.75) is 27.2 Å². The Labute approximate surface area is 185 Å². The van der Waals surface area contributed by atoms with Gasteiger partial charge in [-0.15, -0.1) is 0 Å². The lowest BCUT2D eigenvalue weighted by Crippen LogP contribution is -2.51. The van der Waals surface area contributed by atoms with Crippen molar-refractivity contribution >= 4 is 17.5 Å². The van der Waals surface area contributed by atoms with Crippen LogP contribution in [0, 0.1) is 20.8 Å². The topological polar surface area (TPSA) is 64.7 Å². The van der Waals surface area contributed by atoms with Crippen molar-refractivity contribution in [1.82, 2.24) is 15.1 Å². The summed E-state index contributed by atoms with van der Waals surface area (Å²) in [7, 11) is 0. The Hall–Kier alpha value is -2.70. The van der Waals surface area contributed by atoms with Gasteiger partial charge in [-0.1, -0.05) is 36.4 Å². The molecule has 0 aliphatic carbocycles. The normalized spacial score (nSPS) is 14.9. The fraction of sp³-hybridized carbons (Fsp3) is 0.440. The van der Waals surface area contributed by atoms with Gasteiger partial charge in [-0.2, -0.15) is 0 Å². The molecule has 2 aromatic rings. The number of amides is 2. The van der Waals surface area contributed by atoms with Crippen LogP contribution in [-0.4, -0.2) is 67.4 Å². The monoisotopic (exact) mass is 422 g/mol. The van der Waals surface area contributed by atoms with E-state index in [9.17, 15) is 9.59 Å². The van der Waals surface area contributed by atoms with E-state index in [1.165, 1.54) is 16.7 Å². The van der Waals surface area contributed by atoms with Crippen LogP contribution in [0.5, 0.6) is 0 Å². The van der Waals surface area contributed by atoms with Crippen LogP contribution in [0.3, 0.4) is 0 Å². The van der Waals surface area contributed by atoms with Gasteiger partial charge in [0.25, 0.3) is 0 Å². The summed E-state index contributed by atoms with van der Waals surface area (Å²) >= 11 is 0. The number of nitrogens with zero attached hydrogens (tertiary/aromatic N) is 2. The molecule has 31 heavy (non-hydrogen) atoms. The van der Waals surface area contributed by atoms with E-state index in [4.69, 9.17) is 0 Å². The number of carbonyl (C=O) groups excluding carboxylic acids is 2. The number of benzene rings is 2. The third-order valence-corrected chi connectivity index (χ3v) is 6.06. The van der Waals surface area contributed by atoms with E-state index in [2.05, 4.69) is 39.5 Å². The quantitative estimate of drug-likeness (QED) is 0.686. The van der Waals surface area contributed by atoms with Gasteiger partial charge < -0.3 is 10.6 Å². The molecule has 1 aliphatic heterocycles. The number of anilines is 1. The number of carbonyl (C=O) groups is 2. The molecule has 0 atom stereocenters. The van der Waals surface area contributed by atoms with Gasteiger partial charge in [-0.3, -0.25) is 19.4 Å². The molecule has 6 nitrogen and oxygen atoms in total. The van der Waals surface area contributed by atoms with E-state index in [0.717, 1.165) is 43.9 Å². The molecule has 0 saturated carbocycles. The third kappa shape index (κ3) is 6.91. The maximum Gasteiger partial charge on any atom is 0.238 e. The lowest BCUT2D eigenvalue weighted by molar-refractivity contribution is -0.123. The second-order valence-corrected chi connectivity index (χ2v) is 8.37. The summed E-state index contributed by atoms with van der Waals surface area (Å²) in [5.41, 5.74) is 5.69. The highest BCUT2D eigenvalue weighted by molar-refractivity contribution is 5.93. The highest BCUT2D eigenvalue weighted by Gasteiger charge is 2.20. The first-order valence-corrected chi connectivity index (χ1v) is 11.0. The lowest BCUT2D eigenvalue weighted by Gasteiger charge is -2.33. The van der Waals surface area contributed by atoms with Crippen LogP contribution >= 0.6 is 0 Å². The summed E-state index contributed by atoms with van der Waals surface area (Å²) in [5, 5.41) is 6.05. The van der Waals surface area contributed by atoms with Crippen molar-refractivity contribution in [3.63, 3.8) is 0 Å². The average molecular weight is 423 g/mol. The lowest BCUT2D eigenvalue weighted by atomic mass is 10.1. The molecule has 6 heteroatoms. The van der Waals surface area contributed by atoms with Crippen molar-refractivity contribution < 1.29 is 9.59 Å². The molecule has 2 amide bonds. The Kier molecular flexibility index (Phi) is 8.20. The van der Waals surface area contributed by atoms with Crippen molar-refractivity contribution in [3.8, 4) is 0 Å². The van der Waals surface area contributed by atoms with E-state index in [0.29, 0.717) is 19.6 Å². The second-order valence-electron chi connectivity index (χ2n) is 8.37. The summed E-state index contributed by atoms with van der Waals surface area (Å²) in [5.74, 6) is 0.0748. The Bertz CT molecular complexity index is 904. The van der Waals surface area contributed by atoms with Gasteiger partial charge in [0.15, 0.2) is 0 Å². The van der Waals surface area contributed by atoms with Gasteiger partial charge in [0.1, 0.15) is 0 Å². The van der Waals surface area contributed by atoms with Gasteiger partial charge in [-0.05, 0) is 55.5 Å². The molecule has 0 unspecified atom stereocenters. The summed E-state index contributed by atoms with van der Waals surface area (Å²) in [4.78, 5) is 29.0. The van der Waals surface area contributed by atoms with Gasteiger partial charge in [0.2, 0.25) is 11.8 Å². The zero-order chi connectivity index (χ0) is 22.2. The molecule has 2 N–H and O–H groups in total. The van der Waals surface area contributed by atoms with Gasteiger partial charge in [-0.25, -0.2) is 0 Å². The van der Waals surface area contributed by atoms with Crippen LogP contribution < -0.4 is 10.6 Å². The molecule has 1 fully saturated rings. The highest BCUT2D eigenvalue weighted by Crippen LogP contribution is 2.18. The predicted molar refractivity (Wildman–Crippen MR) is 125 cm³/mol. The van der Waals surface area contributed by atoms with Crippen molar-refractivity contribution in [2.24, 2.45) is 0 Å². The zero-order valence-electron chi connectivity index (χ0n) is 18.9. The summed E-state index contributed by atoms with van der Waals surface area (Å²) in [6, 6.07) is 14.2. The van der Waals surface area contributed by atoms with Crippen LogP contribution in [-0.2, 0) is 16.0 Å². The van der Waals surface area contributed by atoms with Crippen LogP contribution in [0.1, 0.15) is 22.3 Å². The molecule has 166 valence electrons. The van der Waals surface area contributed by atoms with Crippen molar-refractivity contribution in [1.29, 1.82) is 0 Å². The fourth-order valence-corrected chi connectivity index (χ4v) is 3.87. The minimum Gasteiger partial charge on any atom is -0.355 e. The molecule has 3 rings (SSSR count). The standard InChI is InChI=1S/C25H34N4O2/c1-19-8-6-10-23(21(19)3)27-25(31)18-29-15-13-28(14-16-29)17-24(30)26-12-11-22-9-5-4-7-20(22)2/h4-10H,11-18H2,1-3H3,(H,26,30)(H,27,31). The second kappa shape index (κ2) is 11.1. The van der Waals surface area contributed by atoms with Crippen LogP contribution in [0.4, 0.5) is 5.69 Å². The maximum atomic E-state index is 12.4.